The minimum atomic E-state index is -0.370. The van der Waals surface area contributed by atoms with Crippen molar-refractivity contribution < 1.29 is 19.0 Å². The highest BCUT2D eigenvalue weighted by Crippen LogP contribution is 2.28. The quantitative estimate of drug-likeness (QED) is 0.427. The molecule has 7 nitrogen and oxygen atoms in total. The van der Waals surface area contributed by atoms with Gasteiger partial charge in [0.05, 0.1) is 31.7 Å². The van der Waals surface area contributed by atoms with Gasteiger partial charge in [-0.05, 0) is 51.5 Å². The first-order valence-electron chi connectivity index (χ1n) is 8.22. The van der Waals surface area contributed by atoms with E-state index in [1.54, 1.807) is 27.2 Å². The predicted octanol–water partition coefficient (Wildman–Crippen LogP) is 3.87. The van der Waals surface area contributed by atoms with Crippen LogP contribution in [0.2, 0.25) is 0 Å². The van der Waals surface area contributed by atoms with Crippen molar-refractivity contribution in [3.05, 3.63) is 34.3 Å². The minimum absolute atomic E-state index is 0.0619. The van der Waals surface area contributed by atoms with Crippen LogP contribution in [0.4, 0.5) is 5.13 Å². The molecule has 0 fully saturated rings. The van der Waals surface area contributed by atoms with E-state index in [9.17, 15) is 4.79 Å². The average Bonchev–Trinajstić information content (AvgIpc) is 2.96. The summed E-state index contributed by atoms with van der Waals surface area (Å²) in [5.41, 5.74) is 4.28. The van der Waals surface area contributed by atoms with Crippen LogP contribution in [0.3, 0.4) is 0 Å². The molecule has 0 atom stereocenters. The summed E-state index contributed by atoms with van der Waals surface area (Å²) in [6.07, 6.45) is 1.70. The molecule has 2 aromatic rings. The maximum absolute atomic E-state index is 11.8. The SMILES string of the molecule is CCOC(=O)c1sc(NN=Cc2ccc(OC(C)C)c(OC)c2)nc1C. The lowest BCUT2D eigenvalue weighted by atomic mass is 10.2. The van der Waals surface area contributed by atoms with Gasteiger partial charge in [0.1, 0.15) is 4.88 Å². The fraction of sp³-hybridized carbons (Fsp3) is 0.389. The molecule has 0 aliphatic heterocycles. The van der Waals surface area contributed by atoms with Crippen molar-refractivity contribution >= 4 is 28.7 Å². The lowest BCUT2D eigenvalue weighted by molar-refractivity contribution is 0.0531. The van der Waals surface area contributed by atoms with Gasteiger partial charge in [0.2, 0.25) is 5.13 Å². The van der Waals surface area contributed by atoms with Gasteiger partial charge in [-0.1, -0.05) is 11.3 Å². The number of ether oxygens (including phenoxy) is 3. The van der Waals surface area contributed by atoms with Crippen LogP contribution in [0.5, 0.6) is 11.5 Å². The van der Waals surface area contributed by atoms with E-state index in [1.807, 2.05) is 32.0 Å². The van der Waals surface area contributed by atoms with E-state index in [0.717, 1.165) is 5.56 Å². The monoisotopic (exact) mass is 377 g/mol. The molecule has 26 heavy (non-hydrogen) atoms. The first kappa shape index (κ1) is 19.7. The van der Waals surface area contributed by atoms with Gasteiger partial charge < -0.3 is 14.2 Å². The molecule has 1 aromatic carbocycles. The number of aromatic nitrogens is 1. The smallest absolute Gasteiger partial charge is 0.350 e. The summed E-state index contributed by atoms with van der Waals surface area (Å²) < 4.78 is 16.0. The Morgan fingerprint density at radius 3 is 2.81 bits per heavy atom. The number of hydrogen-bond acceptors (Lipinski definition) is 8. The average molecular weight is 377 g/mol. The van der Waals surface area contributed by atoms with Crippen LogP contribution in [0.15, 0.2) is 23.3 Å². The van der Waals surface area contributed by atoms with E-state index in [2.05, 4.69) is 15.5 Å². The molecule has 0 radical (unpaired) electrons. The predicted molar refractivity (Wildman–Crippen MR) is 103 cm³/mol. The third kappa shape index (κ3) is 5.19. The van der Waals surface area contributed by atoms with E-state index in [1.165, 1.54) is 11.3 Å². The van der Waals surface area contributed by atoms with Crippen LogP contribution in [0.25, 0.3) is 0 Å². The van der Waals surface area contributed by atoms with Gasteiger partial charge >= 0.3 is 5.97 Å². The largest absolute Gasteiger partial charge is 0.493 e. The molecular formula is C18H23N3O4S. The van der Waals surface area contributed by atoms with Crippen LogP contribution < -0.4 is 14.9 Å². The van der Waals surface area contributed by atoms with Crippen LogP contribution in [-0.2, 0) is 4.74 Å². The molecule has 0 spiro atoms. The first-order valence-corrected chi connectivity index (χ1v) is 9.04. The molecule has 0 aliphatic carbocycles. The van der Waals surface area contributed by atoms with Gasteiger partial charge in [-0.2, -0.15) is 5.10 Å². The molecule has 0 saturated carbocycles. The highest BCUT2D eigenvalue weighted by molar-refractivity contribution is 7.17. The highest BCUT2D eigenvalue weighted by atomic mass is 32.1. The number of hydrazone groups is 1. The standard InChI is InChI=1S/C18H23N3O4S/c1-6-24-17(22)16-12(4)20-18(26-16)21-19-10-13-7-8-14(25-11(2)3)15(9-13)23-5/h7-11H,6H2,1-5H3,(H,20,21). The van der Waals surface area contributed by atoms with E-state index in [0.29, 0.717) is 33.8 Å². The van der Waals surface area contributed by atoms with Crippen LogP contribution in [0, 0.1) is 6.92 Å². The topological polar surface area (TPSA) is 82.0 Å². The second-order valence-electron chi connectivity index (χ2n) is 5.60. The van der Waals surface area contributed by atoms with Gasteiger partial charge in [0.15, 0.2) is 11.5 Å². The summed E-state index contributed by atoms with van der Waals surface area (Å²) in [5, 5.41) is 4.68. The Bertz CT molecular complexity index is 787. The molecule has 1 aromatic heterocycles. The van der Waals surface area contributed by atoms with Gasteiger partial charge in [0.25, 0.3) is 0 Å². The zero-order valence-electron chi connectivity index (χ0n) is 15.5. The Morgan fingerprint density at radius 2 is 2.15 bits per heavy atom. The van der Waals surface area contributed by atoms with Crippen LogP contribution in [-0.4, -0.2) is 37.0 Å². The van der Waals surface area contributed by atoms with Crippen molar-refractivity contribution in [1.29, 1.82) is 0 Å². The van der Waals surface area contributed by atoms with Crippen molar-refractivity contribution in [3.63, 3.8) is 0 Å². The lowest BCUT2D eigenvalue weighted by Gasteiger charge is -2.13. The third-order valence-electron chi connectivity index (χ3n) is 3.18. The number of nitrogens with zero attached hydrogens (tertiary/aromatic N) is 2. The third-order valence-corrected chi connectivity index (χ3v) is 4.22. The normalized spacial score (nSPS) is 11.0. The summed E-state index contributed by atoms with van der Waals surface area (Å²) in [6.45, 7) is 7.77. The van der Waals surface area contributed by atoms with E-state index in [-0.39, 0.29) is 12.1 Å². The molecule has 8 heteroatoms. The van der Waals surface area contributed by atoms with E-state index >= 15 is 0 Å². The summed E-state index contributed by atoms with van der Waals surface area (Å²) >= 11 is 1.20. The molecule has 0 amide bonds. The Hall–Kier alpha value is -2.61. The fourth-order valence-electron chi connectivity index (χ4n) is 2.11. The molecule has 0 aliphatic rings. The number of nitrogens with one attached hydrogen (secondary N) is 1. The van der Waals surface area contributed by atoms with Gasteiger partial charge in [-0.15, -0.1) is 0 Å². The van der Waals surface area contributed by atoms with E-state index < -0.39 is 0 Å². The van der Waals surface area contributed by atoms with Crippen molar-refractivity contribution in [2.24, 2.45) is 5.10 Å². The molecule has 140 valence electrons. The Kier molecular flexibility index (Phi) is 6.97. The number of aryl methyl sites for hydroxylation is 1. The maximum Gasteiger partial charge on any atom is 0.350 e. The van der Waals surface area contributed by atoms with Crippen molar-refractivity contribution in [2.45, 2.75) is 33.8 Å². The number of rotatable bonds is 8. The Morgan fingerprint density at radius 1 is 1.38 bits per heavy atom. The lowest BCUT2D eigenvalue weighted by Crippen LogP contribution is -2.06. The molecule has 0 bridgehead atoms. The Labute approximate surface area is 157 Å². The van der Waals surface area contributed by atoms with Crippen molar-refractivity contribution in [3.8, 4) is 11.5 Å². The number of esters is 1. The number of carbonyl (C=O) groups is 1. The van der Waals surface area contributed by atoms with E-state index in [4.69, 9.17) is 14.2 Å². The zero-order chi connectivity index (χ0) is 19.1. The van der Waals surface area contributed by atoms with Gasteiger partial charge in [0, 0.05) is 0 Å². The van der Waals surface area contributed by atoms with Crippen molar-refractivity contribution in [1.82, 2.24) is 4.98 Å². The Balaban J connectivity index is 2.06. The number of hydrogen-bond donors (Lipinski definition) is 1. The molecular weight excluding hydrogens is 354 g/mol. The number of thiazole rings is 1. The minimum Gasteiger partial charge on any atom is -0.493 e. The van der Waals surface area contributed by atoms with Gasteiger partial charge in [-0.25, -0.2) is 9.78 Å². The number of anilines is 1. The van der Waals surface area contributed by atoms with Crippen LogP contribution in [0.1, 0.15) is 41.7 Å². The zero-order valence-corrected chi connectivity index (χ0v) is 16.3. The summed E-state index contributed by atoms with van der Waals surface area (Å²) in [6, 6.07) is 5.55. The van der Waals surface area contributed by atoms with Gasteiger partial charge in [-0.3, -0.25) is 5.43 Å². The fourth-order valence-corrected chi connectivity index (χ4v) is 2.92. The highest BCUT2D eigenvalue weighted by Gasteiger charge is 2.16. The summed E-state index contributed by atoms with van der Waals surface area (Å²) in [4.78, 5) is 16.6. The second kappa shape index (κ2) is 9.19. The van der Waals surface area contributed by atoms with Crippen molar-refractivity contribution in [2.75, 3.05) is 19.1 Å². The molecule has 0 saturated heterocycles. The van der Waals surface area contributed by atoms with Crippen LogP contribution >= 0.6 is 11.3 Å². The summed E-state index contributed by atoms with van der Waals surface area (Å²) in [5.74, 6) is 0.949. The summed E-state index contributed by atoms with van der Waals surface area (Å²) in [7, 11) is 1.59. The number of methoxy groups -OCH3 is 1. The number of benzene rings is 1. The molecule has 2 rings (SSSR count). The first-order chi connectivity index (χ1) is 12.4. The molecule has 1 heterocycles. The molecule has 0 unspecified atom stereocenters. The second-order valence-corrected chi connectivity index (χ2v) is 6.60. The number of carbonyl (C=O) groups excluding carboxylic acids is 1. The maximum atomic E-state index is 11.8. The molecule has 1 N–H and O–H groups in total.